The molecular weight excluding hydrogens is 190 g/mol. The monoisotopic (exact) mass is 207 g/mol. The van der Waals surface area contributed by atoms with E-state index in [1.165, 1.54) is 0 Å². The van der Waals surface area contributed by atoms with Crippen LogP contribution in [-0.2, 0) is 17.3 Å². The summed E-state index contributed by atoms with van der Waals surface area (Å²) < 4.78 is 1.82. The van der Waals surface area contributed by atoms with Gasteiger partial charge < -0.3 is 5.32 Å². The van der Waals surface area contributed by atoms with Crippen LogP contribution in [0.3, 0.4) is 0 Å². The van der Waals surface area contributed by atoms with Crippen molar-refractivity contribution in [2.24, 2.45) is 7.05 Å². The summed E-state index contributed by atoms with van der Waals surface area (Å²) in [6.07, 6.45) is 2.60. The number of carbonyl (C=O) groups is 1. The Labute approximate surface area is 89.7 Å². The maximum Gasteiger partial charge on any atom is 0.222 e. The van der Waals surface area contributed by atoms with E-state index in [-0.39, 0.29) is 17.4 Å². The van der Waals surface area contributed by atoms with E-state index in [2.05, 4.69) is 31.2 Å². The van der Waals surface area contributed by atoms with E-state index in [0.717, 1.165) is 11.3 Å². The molecule has 0 spiro atoms. The van der Waals surface area contributed by atoms with E-state index >= 15 is 0 Å². The summed E-state index contributed by atoms with van der Waals surface area (Å²) in [6, 6.07) is 0.167. The summed E-state index contributed by atoms with van der Waals surface area (Å²) in [5.41, 5.74) is 2.26. The number of hydrogen-bond acceptors (Lipinski definition) is 2. The van der Waals surface area contributed by atoms with Crippen LogP contribution in [0.5, 0.6) is 0 Å². The van der Waals surface area contributed by atoms with Crippen molar-refractivity contribution < 1.29 is 4.79 Å². The van der Waals surface area contributed by atoms with Gasteiger partial charge in [0.15, 0.2) is 0 Å². The highest BCUT2D eigenvalue weighted by atomic mass is 16.2. The third-order valence-electron chi connectivity index (χ3n) is 2.67. The van der Waals surface area contributed by atoms with Crippen LogP contribution in [-0.4, -0.2) is 15.7 Å². The van der Waals surface area contributed by atoms with Crippen molar-refractivity contribution >= 4 is 5.91 Å². The molecule has 1 aromatic rings. The molecule has 15 heavy (non-hydrogen) atoms. The van der Waals surface area contributed by atoms with Gasteiger partial charge in [-0.05, 0) is 0 Å². The molecule has 1 atom stereocenters. The minimum atomic E-state index is 0.0247. The van der Waals surface area contributed by atoms with Gasteiger partial charge in [-0.15, -0.1) is 0 Å². The maximum atomic E-state index is 10.9. The molecule has 2 heterocycles. The largest absolute Gasteiger partial charge is 0.349 e. The molecule has 0 aromatic carbocycles. The molecule has 1 N–H and O–H groups in total. The van der Waals surface area contributed by atoms with Crippen molar-refractivity contribution in [2.75, 3.05) is 0 Å². The Morgan fingerprint density at radius 1 is 1.53 bits per heavy atom. The van der Waals surface area contributed by atoms with Gasteiger partial charge in [-0.3, -0.25) is 9.48 Å². The molecule has 4 nitrogen and oxygen atoms in total. The van der Waals surface area contributed by atoms with Crippen LogP contribution in [0.25, 0.3) is 0 Å². The fourth-order valence-corrected chi connectivity index (χ4v) is 1.89. The number of nitrogens with one attached hydrogen (secondary N) is 1. The quantitative estimate of drug-likeness (QED) is 0.705. The minimum Gasteiger partial charge on any atom is -0.349 e. The fourth-order valence-electron chi connectivity index (χ4n) is 1.89. The minimum absolute atomic E-state index is 0.0247. The average Bonchev–Trinajstić information content (AvgIpc) is 2.40. The SMILES string of the molecule is Cn1cc(C2CC(=O)N2)c(C(C)(C)C)n1. The number of carbonyl (C=O) groups excluding carboxylic acids is 1. The van der Waals surface area contributed by atoms with Crippen LogP contribution < -0.4 is 5.32 Å². The van der Waals surface area contributed by atoms with Crippen molar-refractivity contribution in [1.29, 1.82) is 0 Å². The summed E-state index contributed by atoms with van der Waals surface area (Å²) in [6.45, 7) is 6.41. The lowest BCUT2D eigenvalue weighted by atomic mass is 9.85. The highest BCUT2D eigenvalue weighted by molar-refractivity contribution is 5.83. The number of hydrogen-bond donors (Lipinski definition) is 1. The highest BCUT2D eigenvalue weighted by Gasteiger charge is 2.33. The van der Waals surface area contributed by atoms with Gasteiger partial charge >= 0.3 is 0 Å². The Hall–Kier alpha value is -1.32. The second-order valence-electron chi connectivity index (χ2n) is 5.18. The molecule has 2 rings (SSSR count). The fraction of sp³-hybridized carbons (Fsp3) is 0.636. The molecule has 1 fully saturated rings. The van der Waals surface area contributed by atoms with Crippen LogP contribution in [0.15, 0.2) is 6.20 Å². The standard InChI is InChI=1S/C11H17N3O/c1-11(2,3)10-7(6-14(4)13-10)8-5-9(15)12-8/h6,8H,5H2,1-4H3,(H,12,15). The van der Waals surface area contributed by atoms with Gasteiger partial charge in [0.25, 0.3) is 0 Å². The molecule has 1 aromatic heterocycles. The molecule has 0 bridgehead atoms. The normalized spacial score (nSPS) is 21.1. The Balaban J connectivity index is 2.34. The van der Waals surface area contributed by atoms with Crippen LogP contribution in [0, 0.1) is 0 Å². The van der Waals surface area contributed by atoms with Gasteiger partial charge in [0.05, 0.1) is 18.2 Å². The highest BCUT2D eigenvalue weighted by Crippen LogP contribution is 2.32. The Morgan fingerprint density at radius 3 is 2.60 bits per heavy atom. The molecule has 0 saturated carbocycles. The van der Waals surface area contributed by atoms with Crippen molar-refractivity contribution in [1.82, 2.24) is 15.1 Å². The number of aryl methyl sites for hydroxylation is 1. The molecule has 1 aliphatic rings. The number of rotatable bonds is 1. The molecule has 1 amide bonds. The predicted octanol–water partition coefficient (Wildman–Crippen LogP) is 1.28. The van der Waals surface area contributed by atoms with Crippen molar-refractivity contribution in [3.63, 3.8) is 0 Å². The molecule has 1 saturated heterocycles. The predicted molar refractivity (Wildman–Crippen MR) is 57.4 cm³/mol. The lowest BCUT2D eigenvalue weighted by molar-refractivity contribution is -0.128. The number of amides is 1. The first-order valence-corrected chi connectivity index (χ1v) is 5.21. The third kappa shape index (κ3) is 1.76. The number of aromatic nitrogens is 2. The van der Waals surface area contributed by atoms with Gasteiger partial charge in [-0.1, -0.05) is 20.8 Å². The number of β-lactam (4-membered cyclic amide) rings is 1. The van der Waals surface area contributed by atoms with Crippen molar-refractivity contribution in [2.45, 2.75) is 38.6 Å². The van der Waals surface area contributed by atoms with E-state index < -0.39 is 0 Å². The van der Waals surface area contributed by atoms with E-state index in [1.54, 1.807) is 0 Å². The molecule has 0 radical (unpaired) electrons. The van der Waals surface area contributed by atoms with Crippen LogP contribution in [0.1, 0.15) is 44.5 Å². The summed E-state index contributed by atoms with van der Waals surface area (Å²) >= 11 is 0. The second kappa shape index (κ2) is 3.08. The number of nitrogens with zero attached hydrogens (tertiary/aromatic N) is 2. The first kappa shape index (κ1) is 10.2. The zero-order chi connectivity index (χ0) is 11.2. The zero-order valence-electron chi connectivity index (χ0n) is 9.66. The van der Waals surface area contributed by atoms with Gasteiger partial charge in [0.2, 0.25) is 5.91 Å². The van der Waals surface area contributed by atoms with Crippen LogP contribution in [0.4, 0.5) is 0 Å². The first-order chi connectivity index (χ1) is 6.88. The van der Waals surface area contributed by atoms with Crippen LogP contribution >= 0.6 is 0 Å². The molecule has 82 valence electrons. The third-order valence-corrected chi connectivity index (χ3v) is 2.67. The van der Waals surface area contributed by atoms with E-state index in [0.29, 0.717) is 6.42 Å². The van der Waals surface area contributed by atoms with Crippen molar-refractivity contribution in [3.05, 3.63) is 17.5 Å². The van der Waals surface area contributed by atoms with Gasteiger partial charge in [-0.25, -0.2) is 0 Å². The molecule has 1 unspecified atom stereocenters. The Bertz CT molecular complexity index is 392. The average molecular weight is 207 g/mol. The Morgan fingerprint density at radius 2 is 2.13 bits per heavy atom. The maximum absolute atomic E-state index is 10.9. The molecule has 1 aliphatic heterocycles. The molecular formula is C11H17N3O. The van der Waals surface area contributed by atoms with Crippen LogP contribution in [0.2, 0.25) is 0 Å². The van der Waals surface area contributed by atoms with E-state index in [4.69, 9.17) is 0 Å². The molecule has 4 heteroatoms. The van der Waals surface area contributed by atoms with Crippen molar-refractivity contribution in [3.8, 4) is 0 Å². The molecule has 0 aliphatic carbocycles. The Kier molecular flexibility index (Phi) is 2.10. The lowest BCUT2D eigenvalue weighted by Crippen LogP contribution is -2.42. The second-order valence-corrected chi connectivity index (χ2v) is 5.18. The summed E-state index contributed by atoms with van der Waals surface area (Å²) in [4.78, 5) is 10.9. The summed E-state index contributed by atoms with van der Waals surface area (Å²) in [5.74, 6) is 0.128. The zero-order valence-corrected chi connectivity index (χ0v) is 9.66. The van der Waals surface area contributed by atoms with E-state index in [9.17, 15) is 4.79 Å². The lowest BCUT2D eigenvalue weighted by Gasteiger charge is -2.29. The van der Waals surface area contributed by atoms with Gasteiger partial charge in [0.1, 0.15) is 0 Å². The van der Waals surface area contributed by atoms with Gasteiger partial charge in [-0.2, -0.15) is 5.10 Å². The van der Waals surface area contributed by atoms with Gasteiger partial charge in [0, 0.05) is 24.2 Å². The summed E-state index contributed by atoms with van der Waals surface area (Å²) in [7, 11) is 1.92. The first-order valence-electron chi connectivity index (χ1n) is 5.21. The summed E-state index contributed by atoms with van der Waals surface area (Å²) in [5, 5.41) is 7.37. The topological polar surface area (TPSA) is 46.9 Å². The van der Waals surface area contributed by atoms with E-state index in [1.807, 2.05) is 17.9 Å². The smallest absolute Gasteiger partial charge is 0.222 e.